The molecule has 0 atom stereocenters. The van der Waals surface area contributed by atoms with Gasteiger partial charge in [-0.2, -0.15) is 0 Å². The molecule has 1 aliphatic carbocycles. The van der Waals surface area contributed by atoms with Crippen molar-refractivity contribution in [1.82, 2.24) is 5.32 Å². The van der Waals surface area contributed by atoms with Gasteiger partial charge in [0.25, 0.3) is 0 Å². The van der Waals surface area contributed by atoms with Crippen molar-refractivity contribution in [1.29, 1.82) is 0 Å². The summed E-state index contributed by atoms with van der Waals surface area (Å²) >= 11 is 0. The summed E-state index contributed by atoms with van der Waals surface area (Å²) in [6.45, 7) is 8.35. The lowest BCUT2D eigenvalue weighted by Crippen LogP contribution is -2.18. The molecule has 0 aromatic carbocycles. The highest BCUT2D eigenvalue weighted by Gasteiger charge is 2.13. The fourth-order valence-corrected chi connectivity index (χ4v) is 2.20. The van der Waals surface area contributed by atoms with Crippen LogP contribution < -0.4 is 5.32 Å². The van der Waals surface area contributed by atoms with Crippen LogP contribution >= 0.6 is 0 Å². The molecule has 0 amide bonds. The first kappa shape index (κ1) is 11.8. The van der Waals surface area contributed by atoms with Crippen LogP contribution in [0, 0.1) is 5.92 Å². The third-order valence-corrected chi connectivity index (χ3v) is 3.32. The maximum absolute atomic E-state index is 3.99. The maximum Gasteiger partial charge on any atom is 0.0161 e. The van der Waals surface area contributed by atoms with E-state index in [-0.39, 0.29) is 0 Å². The van der Waals surface area contributed by atoms with E-state index in [1.165, 1.54) is 50.6 Å². The Kier molecular flexibility index (Phi) is 5.93. The van der Waals surface area contributed by atoms with Crippen molar-refractivity contribution >= 4 is 0 Å². The fraction of sp³-hybridized carbons (Fsp3) is 0.846. The highest BCUT2D eigenvalue weighted by molar-refractivity contribution is 4.94. The summed E-state index contributed by atoms with van der Waals surface area (Å²) in [5, 5.41) is 3.46. The van der Waals surface area contributed by atoms with Crippen LogP contribution in [0.5, 0.6) is 0 Å². The summed E-state index contributed by atoms with van der Waals surface area (Å²) in [6.07, 6.45) is 9.82. The van der Waals surface area contributed by atoms with Gasteiger partial charge < -0.3 is 5.32 Å². The fourth-order valence-electron chi connectivity index (χ4n) is 2.20. The SMILES string of the molecule is C=C(CC)CNCCCC1CCCC1. The second-order valence-electron chi connectivity index (χ2n) is 4.57. The van der Waals surface area contributed by atoms with Gasteiger partial charge in [-0.3, -0.25) is 0 Å². The van der Waals surface area contributed by atoms with Crippen LogP contribution in [0.25, 0.3) is 0 Å². The average molecular weight is 195 g/mol. The summed E-state index contributed by atoms with van der Waals surface area (Å²) in [4.78, 5) is 0. The number of hydrogen-bond donors (Lipinski definition) is 1. The molecule has 1 saturated carbocycles. The summed E-state index contributed by atoms with van der Waals surface area (Å²) in [5.41, 5.74) is 1.32. The minimum Gasteiger partial charge on any atom is -0.313 e. The van der Waals surface area contributed by atoms with Crippen LogP contribution in [-0.4, -0.2) is 13.1 Å². The largest absolute Gasteiger partial charge is 0.313 e. The van der Waals surface area contributed by atoms with E-state index in [2.05, 4.69) is 18.8 Å². The zero-order valence-electron chi connectivity index (χ0n) is 9.65. The van der Waals surface area contributed by atoms with Crippen molar-refractivity contribution in [2.45, 2.75) is 51.9 Å². The summed E-state index contributed by atoms with van der Waals surface area (Å²) < 4.78 is 0. The van der Waals surface area contributed by atoms with Gasteiger partial charge in [-0.15, -0.1) is 0 Å². The minimum absolute atomic E-state index is 1.02. The molecule has 0 unspecified atom stereocenters. The van der Waals surface area contributed by atoms with Crippen LogP contribution in [0.1, 0.15) is 51.9 Å². The van der Waals surface area contributed by atoms with E-state index in [4.69, 9.17) is 0 Å². The summed E-state index contributed by atoms with van der Waals surface area (Å²) in [7, 11) is 0. The van der Waals surface area contributed by atoms with Crippen molar-refractivity contribution in [3.8, 4) is 0 Å². The topological polar surface area (TPSA) is 12.0 Å². The molecule has 0 radical (unpaired) electrons. The molecule has 1 fully saturated rings. The van der Waals surface area contributed by atoms with Crippen molar-refractivity contribution in [2.24, 2.45) is 5.92 Å². The monoisotopic (exact) mass is 195 g/mol. The Morgan fingerprint density at radius 2 is 2.07 bits per heavy atom. The zero-order valence-corrected chi connectivity index (χ0v) is 9.65. The van der Waals surface area contributed by atoms with E-state index < -0.39 is 0 Å². The molecule has 0 saturated heterocycles. The molecular weight excluding hydrogens is 170 g/mol. The van der Waals surface area contributed by atoms with Crippen LogP contribution in [0.3, 0.4) is 0 Å². The Hall–Kier alpha value is -0.300. The van der Waals surface area contributed by atoms with E-state index in [0.717, 1.165) is 18.9 Å². The van der Waals surface area contributed by atoms with Crippen molar-refractivity contribution < 1.29 is 0 Å². The maximum atomic E-state index is 3.99. The second-order valence-corrected chi connectivity index (χ2v) is 4.57. The number of nitrogens with one attached hydrogen (secondary N) is 1. The first-order valence-corrected chi connectivity index (χ1v) is 6.20. The van der Waals surface area contributed by atoms with Gasteiger partial charge in [0.05, 0.1) is 0 Å². The lowest BCUT2D eigenvalue weighted by atomic mass is 10.0. The first-order valence-electron chi connectivity index (χ1n) is 6.20. The predicted molar refractivity (Wildman–Crippen MR) is 63.5 cm³/mol. The van der Waals surface area contributed by atoms with E-state index in [1.54, 1.807) is 0 Å². The van der Waals surface area contributed by atoms with E-state index >= 15 is 0 Å². The van der Waals surface area contributed by atoms with Crippen molar-refractivity contribution in [3.05, 3.63) is 12.2 Å². The van der Waals surface area contributed by atoms with Crippen molar-refractivity contribution in [3.63, 3.8) is 0 Å². The van der Waals surface area contributed by atoms with Gasteiger partial charge in [-0.1, -0.05) is 44.8 Å². The molecule has 1 heteroatoms. The molecule has 0 spiro atoms. The normalized spacial score (nSPS) is 17.5. The van der Waals surface area contributed by atoms with E-state index in [0.29, 0.717) is 0 Å². The Labute approximate surface area is 89.0 Å². The summed E-state index contributed by atoms with van der Waals surface area (Å²) in [5.74, 6) is 1.05. The van der Waals surface area contributed by atoms with Gasteiger partial charge >= 0.3 is 0 Å². The molecule has 0 aromatic rings. The van der Waals surface area contributed by atoms with Crippen LogP contribution in [0.2, 0.25) is 0 Å². The lowest BCUT2D eigenvalue weighted by Gasteiger charge is -2.09. The Morgan fingerprint density at radius 1 is 1.36 bits per heavy atom. The highest BCUT2D eigenvalue weighted by atomic mass is 14.8. The quantitative estimate of drug-likeness (QED) is 0.484. The molecule has 1 rings (SSSR count). The molecule has 1 N–H and O–H groups in total. The van der Waals surface area contributed by atoms with Gasteiger partial charge in [0.2, 0.25) is 0 Å². The molecule has 1 nitrogen and oxygen atoms in total. The zero-order chi connectivity index (χ0) is 10.2. The molecule has 0 aliphatic heterocycles. The minimum atomic E-state index is 1.02. The Balaban J connectivity index is 1.86. The van der Waals surface area contributed by atoms with E-state index in [1.807, 2.05) is 0 Å². The first-order chi connectivity index (χ1) is 6.83. The second kappa shape index (κ2) is 7.05. The predicted octanol–water partition coefficient (Wildman–Crippen LogP) is 3.51. The molecule has 0 aromatic heterocycles. The number of rotatable bonds is 7. The molecule has 14 heavy (non-hydrogen) atoms. The summed E-state index contributed by atoms with van der Waals surface area (Å²) in [6, 6.07) is 0. The Morgan fingerprint density at radius 3 is 2.71 bits per heavy atom. The highest BCUT2D eigenvalue weighted by Crippen LogP contribution is 2.28. The molecule has 1 aliphatic rings. The van der Waals surface area contributed by atoms with Crippen LogP contribution in [-0.2, 0) is 0 Å². The van der Waals surface area contributed by atoms with Crippen molar-refractivity contribution in [2.75, 3.05) is 13.1 Å². The van der Waals surface area contributed by atoms with Gasteiger partial charge in [0, 0.05) is 6.54 Å². The van der Waals surface area contributed by atoms with Gasteiger partial charge in [0.1, 0.15) is 0 Å². The van der Waals surface area contributed by atoms with E-state index in [9.17, 15) is 0 Å². The van der Waals surface area contributed by atoms with Gasteiger partial charge in [-0.05, 0) is 31.7 Å². The smallest absolute Gasteiger partial charge is 0.0161 e. The molecule has 0 heterocycles. The third-order valence-electron chi connectivity index (χ3n) is 3.32. The van der Waals surface area contributed by atoms with Crippen LogP contribution in [0.4, 0.5) is 0 Å². The van der Waals surface area contributed by atoms with Crippen LogP contribution in [0.15, 0.2) is 12.2 Å². The average Bonchev–Trinajstić information content (AvgIpc) is 2.69. The molecule has 0 bridgehead atoms. The standard InChI is InChI=1S/C13H25N/c1-3-12(2)11-14-10-6-9-13-7-4-5-8-13/h13-14H,2-11H2,1H3. The molecular formula is C13H25N. The van der Waals surface area contributed by atoms with Gasteiger partial charge in [0.15, 0.2) is 0 Å². The lowest BCUT2D eigenvalue weighted by molar-refractivity contribution is 0.474. The number of hydrogen-bond acceptors (Lipinski definition) is 1. The molecule has 82 valence electrons. The Bertz CT molecular complexity index is 157. The third kappa shape index (κ3) is 4.80. The van der Waals surface area contributed by atoms with Gasteiger partial charge in [-0.25, -0.2) is 0 Å².